The summed E-state index contributed by atoms with van der Waals surface area (Å²) in [6.45, 7) is 1.50. The predicted octanol–water partition coefficient (Wildman–Crippen LogP) is 4.43. The lowest BCUT2D eigenvalue weighted by atomic mass is 10.1. The quantitative estimate of drug-likeness (QED) is 0.443. The van der Waals surface area contributed by atoms with E-state index in [1.54, 1.807) is 12.1 Å². The highest BCUT2D eigenvalue weighted by molar-refractivity contribution is 7.89. The summed E-state index contributed by atoms with van der Waals surface area (Å²) in [5.41, 5.74) is 1.61. The Hall–Kier alpha value is -3.07. The maximum atomic E-state index is 13.6. The summed E-state index contributed by atoms with van der Waals surface area (Å²) >= 11 is 5.94. The van der Waals surface area contributed by atoms with Crippen molar-refractivity contribution in [2.24, 2.45) is 0 Å². The zero-order valence-corrected chi connectivity index (χ0v) is 20.8. The molecule has 0 heterocycles. The smallest absolute Gasteiger partial charge is 0.243 e. The third kappa shape index (κ3) is 6.28. The van der Waals surface area contributed by atoms with Crippen LogP contribution in [0.2, 0.25) is 5.02 Å². The van der Waals surface area contributed by atoms with E-state index in [9.17, 15) is 13.2 Å². The van der Waals surface area contributed by atoms with Crippen LogP contribution in [-0.2, 0) is 21.4 Å². The Bertz CT molecular complexity index is 1220. The van der Waals surface area contributed by atoms with Crippen molar-refractivity contribution in [2.45, 2.75) is 24.4 Å². The first-order valence-electron chi connectivity index (χ1n) is 10.6. The van der Waals surface area contributed by atoms with Crippen LogP contribution in [-0.4, -0.2) is 39.4 Å². The molecule has 1 amide bonds. The highest BCUT2D eigenvalue weighted by atomic mass is 35.5. The maximum Gasteiger partial charge on any atom is 0.243 e. The molecule has 0 radical (unpaired) electrons. The zero-order chi connectivity index (χ0) is 24.7. The van der Waals surface area contributed by atoms with Crippen molar-refractivity contribution in [3.8, 4) is 11.5 Å². The molecule has 3 aromatic rings. The number of methoxy groups -OCH3 is 2. The Kier molecular flexibility index (Phi) is 8.55. The first-order chi connectivity index (χ1) is 16.2. The van der Waals surface area contributed by atoms with E-state index in [-0.39, 0.29) is 29.8 Å². The minimum Gasteiger partial charge on any atom is -0.493 e. The van der Waals surface area contributed by atoms with Crippen molar-refractivity contribution in [3.63, 3.8) is 0 Å². The van der Waals surface area contributed by atoms with Gasteiger partial charge in [-0.05, 0) is 42.3 Å². The summed E-state index contributed by atoms with van der Waals surface area (Å²) in [6.07, 6.45) is 0. The number of rotatable bonds is 10. The van der Waals surface area contributed by atoms with Crippen LogP contribution in [0.1, 0.15) is 24.1 Å². The van der Waals surface area contributed by atoms with Crippen LogP contribution < -0.4 is 14.8 Å². The van der Waals surface area contributed by atoms with E-state index in [1.807, 2.05) is 49.4 Å². The number of halogens is 1. The van der Waals surface area contributed by atoms with E-state index < -0.39 is 15.9 Å². The minimum absolute atomic E-state index is 0.000342. The molecule has 0 aliphatic carbocycles. The fourth-order valence-corrected chi connectivity index (χ4v) is 4.95. The molecule has 180 valence electrons. The molecule has 0 bridgehead atoms. The molecule has 0 spiro atoms. The Morgan fingerprint density at radius 2 is 1.62 bits per heavy atom. The van der Waals surface area contributed by atoms with Gasteiger partial charge in [-0.25, -0.2) is 8.42 Å². The molecule has 3 rings (SSSR count). The molecule has 0 saturated carbocycles. The number of hydrogen-bond donors (Lipinski definition) is 1. The Morgan fingerprint density at radius 1 is 0.971 bits per heavy atom. The molecule has 0 unspecified atom stereocenters. The average Bonchev–Trinajstić information content (AvgIpc) is 2.84. The molecule has 0 aromatic heterocycles. The zero-order valence-electron chi connectivity index (χ0n) is 19.2. The van der Waals surface area contributed by atoms with E-state index in [0.717, 1.165) is 15.4 Å². The molecule has 0 aliphatic heterocycles. The van der Waals surface area contributed by atoms with Gasteiger partial charge in [0.25, 0.3) is 0 Å². The van der Waals surface area contributed by atoms with E-state index in [0.29, 0.717) is 10.8 Å². The summed E-state index contributed by atoms with van der Waals surface area (Å²) in [7, 11) is -1.13. The molecule has 0 fully saturated rings. The molecular formula is C25H27ClN2O5S. The SMILES string of the molecule is COc1ccc(S(=O)(=O)N(CC(=O)N[C@H](C)c2ccc(Cl)cc2)Cc2ccccc2)cc1OC. The van der Waals surface area contributed by atoms with Crippen LogP contribution in [0.4, 0.5) is 0 Å². The number of sulfonamides is 1. The topological polar surface area (TPSA) is 84.9 Å². The number of hydrogen-bond acceptors (Lipinski definition) is 5. The predicted molar refractivity (Wildman–Crippen MR) is 132 cm³/mol. The lowest BCUT2D eigenvalue weighted by Gasteiger charge is -2.24. The molecular weight excluding hydrogens is 476 g/mol. The van der Waals surface area contributed by atoms with Gasteiger partial charge in [0.15, 0.2) is 11.5 Å². The number of carbonyl (C=O) groups excluding carboxylic acids is 1. The van der Waals surface area contributed by atoms with Crippen LogP contribution in [0.5, 0.6) is 11.5 Å². The molecule has 3 aromatic carbocycles. The monoisotopic (exact) mass is 502 g/mol. The molecule has 0 saturated heterocycles. The van der Waals surface area contributed by atoms with Crippen molar-refractivity contribution < 1.29 is 22.7 Å². The number of carbonyl (C=O) groups is 1. The van der Waals surface area contributed by atoms with Gasteiger partial charge >= 0.3 is 0 Å². The van der Waals surface area contributed by atoms with Gasteiger partial charge in [-0.1, -0.05) is 54.1 Å². The Morgan fingerprint density at radius 3 is 2.24 bits per heavy atom. The maximum absolute atomic E-state index is 13.6. The molecule has 1 atom stereocenters. The summed E-state index contributed by atoms with van der Waals surface area (Å²) in [5.74, 6) is 0.261. The second kappa shape index (κ2) is 11.4. The fraction of sp³-hybridized carbons (Fsp3) is 0.240. The highest BCUT2D eigenvalue weighted by Gasteiger charge is 2.28. The van der Waals surface area contributed by atoms with Gasteiger partial charge in [-0.2, -0.15) is 4.31 Å². The molecule has 34 heavy (non-hydrogen) atoms. The van der Waals surface area contributed by atoms with Crippen LogP contribution in [0.15, 0.2) is 77.7 Å². The summed E-state index contributed by atoms with van der Waals surface area (Å²) in [5, 5.41) is 3.46. The highest BCUT2D eigenvalue weighted by Crippen LogP contribution is 2.31. The number of nitrogens with one attached hydrogen (secondary N) is 1. The van der Waals surface area contributed by atoms with E-state index in [4.69, 9.17) is 21.1 Å². The van der Waals surface area contributed by atoms with Crippen LogP contribution in [0.25, 0.3) is 0 Å². The Labute approximate surface area is 205 Å². The molecule has 7 nitrogen and oxygen atoms in total. The third-order valence-electron chi connectivity index (χ3n) is 5.26. The second-order valence-corrected chi connectivity index (χ2v) is 9.99. The number of benzene rings is 3. The van der Waals surface area contributed by atoms with Crippen LogP contribution in [0.3, 0.4) is 0 Å². The van der Waals surface area contributed by atoms with Crippen molar-refractivity contribution in [1.29, 1.82) is 0 Å². The summed E-state index contributed by atoms with van der Waals surface area (Å²) < 4.78 is 38.8. The molecule has 9 heteroatoms. The molecule has 0 aliphatic rings. The number of nitrogens with zero attached hydrogens (tertiary/aromatic N) is 1. The van der Waals surface area contributed by atoms with Gasteiger partial charge in [-0.3, -0.25) is 4.79 Å². The molecule has 1 N–H and O–H groups in total. The number of ether oxygens (including phenoxy) is 2. The average molecular weight is 503 g/mol. The fourth-order valence-electron chi connectivity index (χ4n) is 3.42. The second-order valence-electron chi connectivity index (χ2n) is 7.62. The lowest BCUT2D eigenvalue weighted by molar-refractivity contribution is -0.122. The first kappa shape index (κ1) is 25.6. The summed E-state index contributed by atoms with van der Waals surface area (Å²) in [4.78, 5) is 12.9. The minimum atomic E-state index is -4.04. The Balaban J connectivity index is 1.87. The van der Waals surface area contributed by atoms with E-state index in [2.05, 4.69) is 5.32 Å². The van der Waals surface area contributed by atoms with Crippen molar-refractivity contribution in [1.82, 2.24) is 9.62 Å². The van der Waals surface area contributed by atoms with Crippen LogP contribution >= 0.6 is 11.6 Å². The van der Waals surface area contributed by atoms with Gasteiger partial charge in [0.05, 0.1) is 31.7 Å². The van der Waals surface area contributed by atoms with Crippen molar-refractivity contribution in [3.05, 3.63) is 88.9 Å². The van der Waals surface area contributed by atoms with E-state index in [1.165, 1.54) is 32.4 Å². The van der Waals surface area contributed by atoms with Gasteiger partial charge in [-0.15, -0.1) is 0 Å². The van der Waals surface area contributed by atoms with Gasteiger partial charge in [0, 0.05) is 17.6 Å². The standard InChI is InChI=1S/C25H27ClN2O5S/c1-18(20-9-11-21(26)12-10-20)27-25(29)17-28(16-19-7-5-4-6-8-19)34(30,31)22-13-14-23(32-2)24(15-22)33-3/h4-15,18H,16-17H2,1-3H3,(H,27,29)/t18-/m1/s1. The third-order valence-corrected chi connectivity index (χ3v) is 7.30. The van der Waals surface area contributed by atoms with Gasteiger partial charge < -0.3 is 14.8 Å². The van der Waals surface area contributed by atoms with Gasteiger partial charge in [0.1, 0.15) is 0 Å². The van der Waals surface area contributed by atoms with Crippen molar-refractivity contribution in [2.75, 3.05) is 20.8 Å². The normalized spacial score (nSPS) is 12.3. The van der Waals surface area contributed by atoms with Crippen molar-refractivity contribution >= 4 is 27.5 Å². The van der Waals surface area contributed by atoms with Crippen LogP contribution in [0, 0.1) is 0 Å². The summed E-state index contributed by atoms with van der Waals surface area (Å²) in [6, 6.07) is 20.2. The largest absolute Gasteiger partial charge is 0.493 e. The van der Waals surface area contributed by atoms with E-state index >= 15 is 0 Å². The number of amides is 1. The van der Waals surface area contributed by atoms with Gasteiger partial charge in [0.2, 0.25) is 15.9 Å². The lowest BCUT2D eigenvalue weighted by Crippen LogP contribution is -2.41. The first-order valence-corrected chi connectivity index (χ1v) is 12.4.